The van der Waals surface area contributed by atoms with E-state index in [1.165, 1.54) is 6.07 Å². The number of nitrogens with one attached hydrogen (secondary N) is 2. The molecule has 2 aromatic carbocycles. The number of rotatable bonds is 2. The van der Waals surface area contributed by atoms with Gasteiger partial charge in [0.25, 0.3) is 0 Å². The van der Waals surface area contributed by atoms with Crippen molar-refractivity contribution in [3.05, 3.63) is 52.8 Å². The highest BCUT2D eigenvalue weighted by atomic mass is 79.9. The lowest BCUT2D eigenvalue weighted by Gasteiger charge is -2.02. The number of anilines is 2. The van der Waals surface area contributed by atoms with Gasteiger partial charge in [-0.3, -0.25) is 0 Å². The second-order valence-electron chi connectivity index (χ2n) is 3.85. The third-order valence-electron chi connectivity index (χ3n) is 2.57. The lowest BCUT2D eigenvalue weighted by molar-refractivity contribution is 0.631. The lowest BCUT2D eigenvalue weighted by Crippen LogP contribution is -1.94. The molecule has 0 fully saturated rings. The molecular weight excluding hydrogens is 297 g/mol. The number of aromatic amines is 1. The molecule has 1 aromatic heterocycles. The van der Waals surface area contributed by atoms with Crippen LogP contribution in [0.3, 0.4) is 0 Å². The number of para-hydroxylation sites is 1. The van der Waals surface area contributed by atoms with E-state index in [2.05, 4.69) is 31.2 Å². The van der Waals surface area contributed by atoms with Gasteiger partial charge in [0.2, 0.25) is 5.95 Å². The van der Waals surface area contributed by atoms with Crippen molar-refractivity contribution in [2.45, 2.75) is 0 Å². The normalized spacial score (nSPS) is 10.8. The number of hydrogen-bond acceptors (Lipinski definition) is 2. The van der Waals surface area contributed by atoms with Crippen LogP contribution >= 0.6 is 15.9 Å². The van der Waals surface area contributed by atoms with Gasteiger partial charge in [-0.25, -0.2) is 9.37 Å². The van der Waals surface area contributed by atoms with E-state index in [9.17, 15) is 4.39 Å². The topological polar surface area (TPSA) is 40.7 Å². The van der Waals surface area contributed by atoms with Crippen molar-refractivity contribution in [3.8, 4) is 0 Å². The molecule has 90 valence electrons. The van der Waals surface area contributed by atoms with Crippen LogP contribution in [0, 0.1) is 5.82 Å². The summed E-state index contributed by atoms with van der Waals surface area (Å²) in [6.45, 7) is 0. The van der Waals surface area contributed by atoms with Crippen molar-refractivity contribution in [3.63, 3.8) is 0 Å². The molecule has 0 unspecified atom stereocenters. The van der Waals surface area contributed by atoms with E-state index in [-0.39, 0.29) is 5.82 Å². The van der Waals surface area contributed by atoms with Gasteiger partial charge in [0, 0.05) is 4.47 Å². The first kappa shape index (κ1) is 11.2. The molecule has 0 saturated heterocycles. The highest BCUT2D eigenvalue weighted by molar-refractivity contribution is 9.10. The molecule has 0 aliphatic carbocycles. The van der Waals surface area contributed by atoms with Gasteiger partial charge < -0.3 is 10.3 Å². The number of imidazole rings is 1. The summed E-state index contributed by atoms with van der Waals surface area (Å²) < 4.78 is 14.5. The summed E-state index contributed by atoms with van der Waals surface area (Å²) in [5.41, 5.74) is 2.12. The number of halogens is 2. The van der Waals surface area contributed by atoms with E-state index < -0.39 is 0 Å². The van der Waals surface area contributed by atoms with E-state index in [1.54, 1.807) is 18.2 Å². The molecule has 0 amide bonds. The molecule has 0 radical (unpaired) electrons. The minimum atomic E-state index is -0.306. The Kier molecular flexibility index (Phi) is 2.76. The zero-order valence-electron chi connectivity index (χ0n) is 9.24. The quantitative estimate of drug-likeness (QED) is 0.744. The van der Waals surface area contributed by atoms with Crippen LogP contribution in [0.15, 0.2) is 46.9 Å². The van der Waals surface area contributed by atoms with Crippen molar-refractivity contribution in [2.24, 2.45) is 0 Å². The molecule has 0 bridgehead atoms. The Morgan fingerprint density at radius 3 is 2.83 bits per heavy atom. The van der Waals surface area contributed by atoms with Crippen LogP contribution in [-0.2, 0) is 0 Å². The van der Waals surface area contributed by atoms with Gasteiger partial charge in [0.1, 0.15) is 5.82 Å². The molecule has 3 rings (SSSR count). The fraction of sp³-hybridized carbons (Fsp3) is 0. The summed E-state index contributed by atoms with van der Waals surface area (Å²) in [6, 6.07) is 12.2. The highest BCUT2D eigenvalue weighted by Gasteiger charge is 2.05. The first-order chi connectivity index (χ1) is 8.72. The van der Waals surface area contributed by atoms with Crippen LogP contribution < -0.4 is 5.32 Å². The predicted octanol–water partition coefficient (Wildman–Crippen LogP) is 4.21. The van der Waals surface area contributed by atoms with E-state index in [4.69, 9.17) is 0 Å². The maximum atomic E-state index is 13.5. The van der Waals surface area contributed by atoms with Gasteiger partial charge in [-0.15, -0.1) is 0 Å². The van der Waals surface area contributed by atoms with Crippen LogP contribution in [0.25, 0.3) is 11.0 Å². The molecule has 0 saturated carbocycles. The van der Waals surface area contributed by atoms with Gasteiger partial charge in [0.15, 0.2) is 0 Å². The SMILES string of the molecule is Fc1ccccc1Nc1nc2ccc(Br)cc2[nH]1. The van der Waals surface area contributed by atoms with Crippen molar-refractivity contribution >= 4 is 38.6 Å². The minimum absolute atomic E-state index is 0.306. The molecule has 2 N–H and O–H groups in total. The second kappa shape index (κ2) is 4.42. The number of nitrogens with zero attached hydrogens (tertiary/aromatic N) is 1. The second-order valence-corrected chi connectivity index (χ2v) is 4.77. The molecule has 3 aromatic rings. The van der Waals surface area contributed by atoms with Gasteiger partial charge in [0.05, 0.1) is 16.7 Å². The van der Waals surface area contributed by atoms with E-state index in [0.717, 1.165) is 15.5 Å². The third kappa shape index (κ3) is 2.09. The minimum Gasteiger partial charge on any atom is -0.324 e. The fourth-order valence-electron chi connectivity index (χ4n) is 1.73. The lowest BCUT2D eigenvalue weighted by atomic mass is 10.3. The average molecular weight is 306 g/mol. The number of aromatic nitrogens is 2. The average Bonchev–Trinajstić information content (AvgIpc) is 2.73. The summed E-state index contributed by atoms with van der Waals surface area (Å²) in [6.07, 6.45) is 0. The Balaban J connectivity index is 1.98. The largest absolute Gasteiger partial charge is 0.324 e. The van der Waals surface area contributed by atoms with Crippen LogP contribution in [-0.4, -0.2) is 9.97 Å². The predicted molar refractivity (Wildman–Crippen MR) is 73.5 cm³/mol. The zero-order chi connectivity index (χ0) is 12.5. The van der Waals surface area contributed by atoms with Crippen molar-refractivity contribution in [1.82, 2.24) is 9.97 Å². The number of hydrogen-bond donors (Lipinski definition) is 2. The van der Waals surface area contributed by atoms with E-state index in [0.29, 0.717) is 11.6 Å². The maximum absolute atomic E-state index is 13.5. The van der Waals surface area contributed by atoms with Gasteiger partial charge in [-0.1, -0.05) is 28.1 Å². The Labute approximate surface area is 111 Å². The molecule has 18 heavy (non-hydrogen) atoms. The zero-order valence-corrected chi connectivity index (χ0v) is 10.8. The number of H-pyrrole nitrogens is 1. The molecule has 1 heterocycles. The molecule has 5 heteroatoms. The fourth-order valence-corrected chi connectivity index (χ4v) is 2.09. The molecule has 0 aliphatic rings. The Bertz CT molecular complexity index is 708. The Morgan fingerprint density at radius 2 is 2.00 bits per heavy atom. The van der Waals surface area contributed by atoms with Crippen molar-refractivity contribution in [1.29, 1.82) is 0 Å². The van der Waals surface area contributed by atoms with Gasteiger partial charge >= 0.3 is 0 Å². The number of benzene rings is 2. The van der Waals surface area contributed by atoms with Crippen LogP contribution in [0.1, 0.15) is 0 Å². The molecule has 0 atom stereocenters. The van der Waals surface area contributed by atoms with Crippen molar-refractivity contribution < 1.29 is 4.39 Å². The summed E-state index contributed by atoms with van der Waals surface area (Å²) in [5, 5.41) is 2.92. The maximum Gasteiger partial charge on any atom is 0.205 e. The molecular formula is C13H9BrFN3. The molecule has 0 aliphatic heterocycles. The van der Waals surface area contributed by atoms with Gasteiger partial charge in [-0.2, -0.15) is 0 Å². The Hall–Kier alpha value is -1.88. The molecule has 3 nitrogen and oxygen atoms in total. The van der Waals surface area contributed by atoms with Gasteiger partial charge in [-0.05, 0) is 30.3 Å². The summed E-state index contributed by atoms with van der Waals surface area (Å²) >= 11 is 3.39. The van der Waals surface area contributed by atoms with Crippen LogP contribution in [0.4, 0.5) is 16.0 Å². The van der Waals surface area contributed by atoms with E-state index in [1.807, 2.05) is 18.2 Å². The standard InChI is InChI=1S/C13H9BrFN3/c14-8-5-6-11-12(7-8)18-13(17-11)16-10-4-2-1-3-9(10)15/h1-7H,(H2,16,17,18). The number of fused-ring (bicyclic) bond motifs is 1. The van der Waals surface area contributed by atoms with Crippen LogP contribution in [0.5, 0.6) is 0 Å². The Morgan fingerprint density at radius 1 is 1.17 bits per heavy atom. The summed E-state index contributed by atoms with van der Waals surface area (Å²) in [5.74, 6) is 0.215. The summed E-state index contributed by atoms with van der Waals surface area (Å²) in [4.78, 5) is 7.43. The smallest absolute Gasteiger partial charge is 0.205 e. The van der Waals surface area contributed by atoms with Crippen LogP contribution in [0.2, 0.25) is 0 Å². The monoisotopic (exact) mass is 305 g/mol. The van der Waals surface area contributed by atoms with E-state index >= 15 is 0 Å². The third-order valence-corrected chi connectivity index (χ3v) is 3.06. The first-order valence-corrected chi connectivity index (χ1v) is 6.18. The van der Waals surface area contributed by atoms with Crippen molar-refractivity contribution in [2.75, 3.05) is 5.32 Å². The first-order valence-electron chi connectivity index (χ1n) is 5.39. The highest BCUT2D eigenvalue weighted by Crippen LogP contribution is 2.22. The molecule has 0 spiro atoms. The summed E-state index contributed by atoms with van der Waals surface area (Å²) in [7, 11) is 0.